The number of imide groups is 2. The summed E-state index contributed by atoms with van der Waals surface area (Å²) in [5.41, 5.74) is 2.70. The predicted octanol–water partition coefficient (Wildman–Crippen LogP) is 2.77. The Morgan fingerprint density at radius 2 is 1.66 bits per heavy atom. The van der Waals surface area contributed by atoms with E-state index in [0.717, 1.165) is 43.4 Å². The zero-order valence-corrected chi connectivity index (χ0v) is 32.5. The molecule has 2 aliphatic rings. The fraction of sp³-hybridized carbons (Fsp3) is 0.385. The number of hydrogen-bond acceptors (Lipinski definition) is 14. The third-order valence-electron chi connectivity index (χ3n) is 9.67. The first-order valence-corrected chi connectivity index (χ1v) is 19.1. The third kappa shape index (κ3) is 9.60. The van der Waals surface area contributed by atoms with E-state index in [-0.39, 0.29) is 47.9 Å². The average molecular weight is 795 g/mol. The fourth-order valence-corrected chi connectivity index (χ4v) is 6.76. The van der Waals surface area contributed by atoms with E-state index in [1.807, 2.05) is 6.07 Å². The Labute approximate surface area is 334 Å². The van der Waals surface area contributed by atoms with Crippen molar-refractivity contribution in [2.75, 3.05) is 49.7 Å². The molecular weight excluding hydrogens is 749 g/mol. The number of aryl methyl sites for hydroxylation is 1. The van der Waals surface area contributed by atoms with Crippen molar-refractivity contribution >= 4 is 58.3 Å². The van der Waals surface area contributed by atoms with Gasteiger partial charge in [0.05, 0.1) is 41.7 Å². The maximum Gasteiger partial charge on any atom is 0.273 e. The second-order valence-corrected chi connectivity index (χ2v) is 13.8. The van der Waals surface area contributed by atoms with E-state index in [2.05, 4.69) is 52.2 Å². The van der Waals surface area contributed by atoms with Crippen molar-refractivity contribution in [1.29, 1.82) is 0 Å². The van der Waals surface area contributed by atoms with Crippen LogP contribution in [-0.4, -0.2) is 105 Å². The Hall–Kier alpha value is -6.76. The Bertz CT molecular complexity index is 2210. The second kappa shape index (κ2) is 18.9. The summed E-state index contributed by atoms with van der Waals surface area (Å²) in [5.74, 6) is -1.80. The standard InChI is InChI=1S/C39H46N12O7/c1-40-37(55)33-28(44-27-12-10-11-25(34(27)58-3)35-43-22-50(2)49-35)20-30(47-48-33)45-32(53)21-41-17-8-6-4-5-7-9-18-42-23-13-14-24-26(19-23)39(57)51(38(24)56)29-15-16-31(52)46-36(29)54/h10-14,19-20,22,29,41-42H,4-9,15-18,21H2,1-3H3,(H,40,55)(H,46,52,54)(H2,44,45,47,53). The largest absolute Gasteiger partial charge is 0.494 e. The van der Waals surface area contributed by atoms with Crippen LogP contribution in [0.25, 0.3) is 11.4 Å². The lowest BCUT2D eigenvalue weighted by Gasteiger charge is -2.27. The lowest BCUT2D eigenvalue weighted by Crippen LogP contribution is -2.54. The van der Waals surface area contributed by atoms with Crippen molar-refractivity contribution in [1.82, 2.24) is 45.8 Å². The number of nitrogens with one attached hydrogen (secondary N) is 6. The van der Waals surface area contributed by atoms with Crippen LogP contribution in [0.3, 0.4) is 0 Å². The molecule has 1 unspecified atom stereocenters. The molecule has 19 heteroatoms. The summed E-state index contributed by atoms with van der Waals surface area (Å²) in [4.78, 5) is 80.4. The minimum Gasteiger partial charge on any atom is -0.494 e. The van der Waals surface area contributed by atoms with E-state index in [4.69, 9.17) is 4.74 Å². The normalized spacial score (nSPS) is 14.9. The second-order valence-electron chi connectivity index (χ2n) is 13.8. The molecule has 1 fully saturated rings. The minimum atomic E-state index is -0.990. The molecule has 2 aromatic heterocycles. The first-order chi connectivity index (χ1) is 28.1. The van der Waals surface area contributed by atoms with Crippen molar-refractivity contribution in [2.45, 2.75) is 57.4 Å². The SMILES string of the molecule is CNC(=O)c1nnc(NC(=O)CNCCCCCCCCNc2ccc3c(c2)C(=O)N(C2CCC(=O)NC2=O)C3=O)cc1Nc1cccc(-c2ncn(C)n2)c1OC. The van der Waals surface area contributed by atoms with Gasteiger partial charge in [-0.15, -0.1) is 10.2 Å². The molecule has 6 rings (SSSR count). The highest BCUT2D eigenvalue weighted by Gasteiger charge is 2.44. The maximum atomic E-state index is 13.1. The van der Waals surface area contributed by atoms with Crippen LogP contribution in [0.4, 0.5) is 22.9 Å². The molecule has 0 radical (unpaired) electrons. The highest BCUT2D eigenvalue weighted by molar-refractivity contribution is 6.23. The highest BCUT2D eigenvalue weighted by Crippen LogP contribution is 2.37. The molecule has 19 nitrogen and oxygen atoms in total. The molecule has 0 saturated carbocycles. The number of rotatable bonds is 19. The first kappa shape index (κ1) is 40.9. The Balaban J connectivity index is 0.884. The van der Waals surface area contributed by atoms with Crippen LogP contribution >= 0.6 is 0 Å². The summed E-state index contributed by atoms with van der Waals surface area (Å²) in [6, 6.07) is 10.9. The first-order valence-electron chi connectivity index (χ1n) is 19.1. The lowest BCUT2D eigenvalue weighted by atomic mass is 10.0. The number of fused-ring (bicyclic) bond motifs is 1. The number of aromatic nitrogens is 5. The fourth-order valence-electron chi connectivity index (χ4n) is 6.76. The third-order valence-corrected chi connectivity index (χ3v) is 9.67. The Morgan fingerprint density at radius 3 is 2.38 bits per heavy atom. The molecule has 304 valence electrons. The van der Waals surface area contributed by atoms with Crippen molar-refractivity contribution in [3.05, 3.63) is 65.6 Å². The van der Waals surface area contributed by atoms with Gasteiger partial charge in [0, 0.05) is 38.8 Å². The molecule has 0 spiro atoms. The van der Waals surface area contributed by atoms with Crippen LogP contribution in [0.15, 0.2) is 48.8 Å². The maximum absolute atomic E-state index is 13.1. The van der Waals surface area contributed by atoms with Crippen LogP contribution in [0, 0.1) is 0 Å². The smallest absolute Gasteiger partial charge is 0.273 e. The molecular formula is C39H46N12O7. The summed E-state index contributed by atoms with van der Waals surface area (Å²) in [7, 11) is 4.77. The van der Waals surface area contributed by atoms with Gasteiger partial charge in [-0.3, -0.25) is 43.7 Å². The molecule has 0 aliphatic carbocycles. The average Bonchev–Trinajstić information content (AvgIpc) is 3.75. The quantitative estimate of drug-likeness (QED) is 0.0591. The number of unbranched alkanes of at least 4 members (excludes halogenated alkanes) is 5. The molecule has 4 heterocycles. The van der Waals surface area contributed by atoms with Crippen LogP contribution < -0.4 is 36.6 Å². The van der Waals surface area contributed by atoms with Gasteiger partial charge in [0.25, 0.3) is 17.7 Å². The Morgan fingerprint density at radius 1 is 0.897 bits per heavy atom. The number of anilines is 4. The summed E-state index contributed by atoms with van der Waals surface area (Å²) >= 11 is 0. The van der Waals surface area contributed by atoms with Gasteiger partial charge < -0.3 is 31.3 Å². The number of carbonyl (C=O) groups is 6. The number of piperidine rings is 1. The van der Waals surface area contributed by atoms with E-state index in [1.165, 1.54) is 20.2 Å². The van der Waals surface area contributed by atoms with Crippen LogP contribution in [0.1, 0.15) is 82.6 Å². The Kier molecular flexibility index (Phi) is 13.3. The summed E-state index contributed by atoms with van der Waals surface area (Å²) in [6.45, 7) is 1.42. The number of methoxy groups -OCH3 is 1. The molecule has 2 aliphatic heterocycles. The number of para-hydroxylation sites is 1. The minimum absolute atomic E-state index is 0.0235. The zero-order chi connectivity index (χ0) is 41.2. The van der Waals surface area contributed by atoms with E-state index < -0.39 is 35.6 Å². The number of ether oxygens (including phenoxy) is 1. The highest BCUT2D eigenvalue weighted by atomic mass is 16.5. The molecule has 58 heavy (non-hydrogen) atoms. The van der Waals surface area contributed by atoms with Crippen molar-refractivity contribution < 1.29 is 33.5 Å². The van der Waals surface area contributed by atoms with Gasteiger partial charge in [-0.05, 0) is 56.1 Å². The number of nitrogens with zero attached hydrogens (tertiary/aromatic N) is 6. The van der Waals surface area contributed by atoms with Crippen LogP contribution in [-0.2, 0) is 21.4 Å². The number of carbonyl (C=O) groups excluding carboxylic acids is 6. The number of amides is 6. The topological polar surface area (TPSA) is 244 Å². The van der Waals surface area contributed by atoms with Gasteiger partial charge in [-0.2, -0.15) is 5.10 Å². The van der Waals surface area contributed by atoms with Crippen molar-refractivity contribution in [3.63, 3.8) is 0 Å². The monoisotopic (exact) mass is 794 g/mol. The van der Waals surface area contributed by atoms with Gasteiger partial charge in [0.15, 0.2) is 23.1 Å². The lowest BCUT2D eigenvalue weighted by molar-refractivity contribution is -0.136. The molecule has 6 N–H and O–H groups in total. The van der Waals surface area contributed by atoms with E-state index in [1.54, 1.807) is 48.4 Å². The van der Waals surface area contributed by atoms with Gasteiger partial charge >= 0.3 is 0 Å². The van der Waals surface area contributed by atoms with Crippen molar-refractivity contribution in [3.8, 4) is 17.1 Å². The molecule has 1 saturated heterocycles. The molecule has 2 aromatic carbocycles. The van der Waals surface area contributed by atoms with Crippen LogP contribution in [0.5, 0.6) is 5.75 Å². The van der Waals surface area contributed by atoms with E-state index >= 15 is 0 Å². The predicted molar refractivity (Wildman–Crippen MR) is 213 cm³/mol. The van der Waals surface area contributed by atoms with Gasteiger partial charge in [-0.1, -0.05) is 31.7 Å². The summed E-state index contributed by atoms with van der Waals surface area (Å²) < 4.78 is 7.27. The molecule has 1 atom stereocenters. The van der Waals surface area contributed by atoms with Gasteiger partial charge in [-0.25, -0.2) is 4.98 Å². The zero-order valence-electron chi connectivity index (χ0n) is 32.5. The van der Waals surface area contributed by atoms with Gasteiger partial charge in [0.1, 0.15) is 12.4 Å². The van der Waals surface area contributed by atoms with E-state index in [9.17, 15) is 28.8 Å². The number of hydrogen-bond donors (Lipinski definition) is 6. The summed E-state index contributed by atoms with van der Waals surface area (Å²) in [5, 5.41) is 29.6. The number of benzene rings is 2. The van der Waals surface area contributed by atoms with Gasteiger partial charge in [0.2, 0.25) is 17.7 Å². The molecule has 6 amide bonds. The van der Waals surface area contributed by atoms with Crippen LogP contribution in [0.2, 0.25) is 0 Å². The molecule has 0 bridgehead atoms. The van der Waals surface area contributed by atoms with E-state index in [0.29, 0.717) is 47.3 Å². The molecule has 4 aromatic rings. The summed E-state index contributed by atoms with van der Waals surface area (Å²) in [6.07, 6.45) is 7.66. The van der Waals surface area contributed by atoms with Crippen molar-refractivity contribution in [2.24, 2.45) is 7.05 Å².